The van der Waals surface area contributed by atoms with Gasteiger partial charge in [-0.05, 0) is 42.3 Å². The van der Waals surface area contributed by atoms with Crippen LogP contribution in [0.1, 0.15) is 24.9 Å². The monoisotopic (exact) mass is 369 g/mol. The number of halogens is 1. The van der Waals surface area contributed by atoms with E-state index in [1.807, 2.05) is 19.1 Å². The molecule has 0 radical (unpaired) electrons. The van der Waals surface area contributed by atoms with Gasteiger partial charge in [0.05, 0.1) is 24.1 Å². The van der Waals surface area contributed by atoms with Crippen LogP contribution in [0.3, 0.4) is 0 Å². The quantitative estimate of drug-likeness (QED) is 0.806. The first-order chi connectivity index (χ1) is 11.4. The summed E-state index contributed by atoms with van der Waals surface area (Å²) in [6.45, 7) is 1.92. The molecule has 0 spiro atoms. The lowest BCUT2D eigenvalue weighted by atomic mass is 10.1. The number of hydrogen-bond acceptors (Lipinski definition) is 4. The van der Waals surface area contributed by atoms with Crippen molar-refractivity contribution in [3.05, 3.63) is 53.1 Å². The first kappa shape index (κ1) is 18.6. The molecule has 0 saturated carbocycles. The van der Waals surface area contributed by atoms with Gasteiger partial charge in [-0.1, -0.05) is 30.7 Å². The van der Waals surface area contributed by atoms with Crippen molar-refractivity contribution in [2.75, 3.05) is 14.2 Å². The third kappa shape index (κ3) is 4.20. The first-order valence-electron chi connectivity index (χ1n) is 7.41. The zero-order chi connectivity index (χ0) is 17.7. The van der Waals surface area contributed by atoms with E-state index in [9.17, 15) is 8.42 Å². The van der Waals surface area contributed by atoms with E-state index in [4.69, 9.17) is 21.1 Å². The average molecular weight is 370 g/mol. The molecular formula is C17H20ClNO4S. The SMILES string of the molecule is CC[C@H](NS(=O)(=O)c1ccc(OC)c(Cl)c1)c1ccc(OC)cc1. The maximum absolute atomic E-state index is 12.6. The highest BCUT2D eigenvalue weighted by Crippen LogP contribution is 2.28. The molecule has 0 aromatic heterocycles. The molecule has 2 aromatic carbocycles. The molecule has 0 fully saturated rings. The standard InChI is InChI=1S/C17H20ClNO4S/c1-4-16(12-5-7-13(22-2)8-6-12)19-24(20,21)14-9-10-17(23-3)15(18)11-14/h5-11,16,19H,4H2,1-3H3/t16-/m0/s1. The Morgan fingerprint density at radius 2 is 1.75 bits per heavy atom. The molecule has 0 bridgehead atoms. The van der Waals surface area contributed by atoms with Crippen molar-refractivity contribution in [1.82, 2.24) is 4.72 Å². The molecule has 1 N–H and O–H groups in total. The summed E-state index contributed by atoms with van der Waals surface area (Å²) in [6.07, 6.45) is 0.607. The molecule has 0 aliphatic heterocycles. The van der Waals surface area contributed by atoms with Crippen LogP contribution < -0.4 is 14.2 Å². The summed E-state index contributed by atoms with van der Waals surface area (Å²) in [4.78, 5) is 0.0975. The number of benzene rings is 2. The van der Waals surface area contributed by atoms with E-state index in [1.54, 1.807) is 19.2 Å². The van der Waals surface area contributed by atoms with Crippen molar-refractivity contribution in [1.29, 1.82) is 0 Å². The number of methoxy groups -OCH3 is 2. The van der Waals surface area contributed by atoms with Crippen molar-refractivity contribution in [2.24, 2.45) is 0 Å². The van der Waals surface area contributed by atoms with Crippen LogP contribution in [-0.4, -0.2) is 22.6 Å². The summed E-state index contributed by atoms with van der Waals surface area (Å²) in [6, 6.07) is 11.3. The summed E-state index contributed by atoms with van der Waals surface area (Å²) in [5.74, 6) is 1.15. The lowest BCUT2D eigenvalue weighted by Crippen LogP contribution is -2.28. The Labute approximate surface area is 147 Å². The second-order valence-electron chi connectivity index (χ2n) is 5.15. The van der Waals surface area contributed by atoms with Crippen molar-refractivity contribution in [2.45, 2.75) is 24.3 Å². The van der Waals surface area contributed by atoms with Crippen LogP contribution in [0.5, 0.6) is 11.5 Å². The molecule has 24 heavy (non-hydrogen) atoms. The summed E-state index contributed by atoms with van der Waals surface area (Å²) < 4.78 is 38.1. The van der Waals surface area contributed by atoms with E-state index in [0.717, 1.165) is 11.3 Å². The Kier molecular flexibility index (Phi) is 6.10. The molecule has 0 amide bonds. The predicted octanol–water partition coefficient (Wildman–Crippen LogP) is 3.79. The Morgan fingerprint density at radius 1 is 1.08 bits per heavy atom. The van der Waals surface area contributed by atoms with E-state index < -0.39 is 10.0 Å². The van der Waals surface area contributed by atoms with Gasteiger partial charge in [0.15, 0.2) is 0 Å². The van der Waals surface area contributed by atoms with E-state index >= 15 is 0 Å². The van der Waals surface area contributed by atoms with Gasteiger partial charge in [-0.15, -0.1) is 0 Å². The second-order valence-corrected chi connectivity index (χ2v) is 7.27. The zero-order valence-corrected chi connectivity index (χ0v) is 15.3. The van der Waals surface area contributed by atoms with Crippen LogP contribution in [0, 0.1) is 0 Å². The van der Waals surface area contributed by atoms with Crippen molar-refractivity contribution in [3.63, 3.8) is 0 Å². The van der Waals surface area contributed by atoms with Gasteiger partial charge in [0.2, 0.25) is 10.0 Å². The highest BCUT2D eigenvalue weighted by atomic mass is 35.5. The Morgan fingerprint density at radius 3 is 2.25 bits per heavy atom. The Hall–Kier alpha value is -1.76. The minimum absolute atomic E-state index is 0.0975. The average Bonchev–Trinajstić information content (AvgIpc) is 2.59. The largest absolute Gasteiger partial charge is 0.497 e. The molecule has 0 aliphatic rings. The number of ether oxygens (including phenoxy) is 2. The van der Waals surface area contributed by atoms with E-state index in [0.29, 0.717) is 12.2 Å². The van der Waals surface area contributed by atoms with Crippen LogP contribution in [-0.2, 0) is 10.0 Å². The lowest BCUT2D eigenvalue weighted by molar-refractivity contribution is 0.414. The summed E-state index contributed by atoms with van der Waals surface area (Å²) in [5, 5.41) is 0.248. The third-order valence-corrected chi connectivity index (χ3v) is 5.42. The second kappa shape index (κ2) is 7.88. The molecule has 7 heteroatoms. The van der Waals surface area contributed by atoms with Gasteiger partial charge in [0.1, 0.15) is 11.5 Å². The first-order valence-corrected chi connectivity index (χ1v) is 9.27. The molecule has 0 unspecified atom stereocenters. The van der Waals surface area contributed by atoms with Gasteiger partial charge < -0.3 is 9.47 Å². The molecule has 130 valence electrons. The van der Waals surface area contributed by atoms with Gasteiger partial charge in [-0.25, -0.2) is 13.1 Å². The van der Waals surface area contributed by atoms with Crippen LogP contribution in [0.25, 0.3) is 0 Å². The van der Waals surface area contributed by atoms with Crippen molar-refractivity contribution >= 4 is 21.6 Å². The third-order valence-electron chi connectivity index (χ3n) is 3.66. The Bertz CT molecular complexity index is 791. The number of hydrogen-bond donors (Lipinski definition) is 1. The van der Waals surface area contributed by atoms with Gasteiger partial charge in [0, 0.05) is 6.04 Å². The number of nitrogens with one attached hydrogen (secondary N) is 1. The van der Waals surface area contributed by atoms with Crippen LogP contribution >= 0.6 is 11.6 Å². The van der Waals surface area contributed by atoms with E-state index in [1.165, 1.54) is 25.3 Å². The summed E-state index contributed by atoms with van der Waals surface area (Å²) in [5.41, 5.74) is 0.862. The number of rotatable bonds is 7. The summed E-state index contributed by atoms with van der Waals surface area (Å²) >= 11 is 6.03. The normalized spacial score (nSPS) is 12.7. The van der Waals surface area contributed by atoms with Gasteiger partial charge >= 0.3 is 0 Å². The Balaban J connectivity index is 2.26. The van der Waals surface area contributed by atoms with Gasteiger partial charge in [-0.2, -0.15) is 0 Å². The maximum atomic E-state index is 12.6. The topological polar surface area (TPSA) is 64.6 Å². The number of sulfonamides is 1. The van der Waals surface area contributed by atoms with Crippen molar-refractivity contribution in [3.8, 4) is 11.5 Å². The molecule has 2 rings (SSSR count). The van der Waals surface area contributed by atoms with E-state index in [2.05, 4.69) is 4.72 Å². The molecular weight excluding hydrogens is 350 g/mol. The fourth-order valence-corrected chi connectivity index (χ4v) is 3.95. The highest BCUT2D eigenvalue weighted by Gasteiger charge is 2.21. The molecule has 0 heterocycles. The molecule has 2 aromatic rings. The molecule has 0 aliphatic carbocycles. The molecule has 0 saturated heterocycles. The molecule has 1 atom stereocenters. The lowest BCUT2D eigenvalue weighted by Gasteiger charge is -2.18. The van der Waals surface area contributed by atoms with Crippen LogP contribution in [0.15, 0.2) is 47.4 Å². The highest BCUT2D eigenvalue weighted by molar-refractivity contribution is 7.89. The fourth-order valence-electron chi connectivity index (χ4n) is 2.29. The maximum Gasteiger partial charge on any atom is 0.241 e. The minimum Gasteiger partial charge on any atom is -0.497 e. The fraction of sp³-hybridized carbons (Fsp3) is 0.294. The van der Waals surface area contributed by atoms with Gasteiger partial charge in [-0.3, -0.25) is 0 Å². The van der Waals surface area contributed by atoms with Gasteiger partial charge in [0.25, 0.3) is 0 Å². The van der Waals surface area contributed by atoms with Crippen LogP contribution in [0.2, 0.25) is 5.02 Å². The minimum atomic E-state index is -3.70. The smallest absolute Gasteiger partial charge is 0.241 e. The zero-order valence-electron chi connectivity index (χ0n) is 13.7. The van der Waals surface area contributed by atoms with Crippen LogP contribution in [0.4, 0.5) is 0 Å². The van der Waals surface area contributed by atoms with Crippen molar-refractivity contribution < 1.29 is 17.9 Å². The van der Waals surface area contributed by atoms with E-state index in [-0.39, 0.29) is 16.0 Å². The predicted molar refractivity (Wildman–Crippen MR) is 94.4 cm³/mol. The summed E-state index contributed by atoms with van der Waals surface area (Å²) in [7, 11) is -0.642. The molecule has 5 nitrogen and oxygen atoms in total.